The van der Waals surface area contributed by atoms with Crippen LogP contribution in [0.3, 0.4) is 0 Å². The third kappa shape index (κ3) is 4.19. The van der Waals surface area contributed by atoms with E-state index in [1.54, 1.807) is 6.20 Å². The van der Waals surface area contributed by atoms with Gasteiger partial charge in [-0.1, -0.05) is 34.6 Å². The molecular weight excluding hydrogens is 367 g/mol. The van der Waals surface area contributed by atoms with Crippen LogP contribution in [0.5, 0.6) is 0 Å². The zero-order valence-electron chi connectivity index (χ0n) is 19.1. The van der Waals surface area contributed by atoms with Crippen LogP contribution in [-0.2, 0) is 20.6 Å². The molecule has 3 heterocycles. The summed E-state index contributed by atoms with van der Waals surface area (Å²) in [4.78, 5) is 17.2. The lowest BCUT2D eigenvalue weighted by molar-refractivity contribution is -0.123. The highest BCUT2D eigenvalue weighted by molar-refractivity contribution is 6.62. The fourth-order valence-electron chi connectivity index (χ4n) is 3.04. The minimum Gasteiger partial charge on any atom is -0.399 e. The van der Waals surface area contributed by atoms with Gasteiger partial charge in [-0.15, -0.1) is 0 Å². The van der Waals surface area contributed by atoms with E-state index in [9.17, 15) is 4.79 Å². The highest BCUT2D eigenvalue weighted by atomic mass is 16.7. The van der Waals surface area contributed by atoms with Crippen molar-refractivity contribution < 1.29 is 14.1 Å². The smallest absolute Gasteiger partial charge is 0.399 e. The molecule has 0 aromatic carbocycles. The fourth-order valence-corrected chi connectivity index (χ4v) is 3.04. The fraction of sp³-hybridized carbons (Fsp3) is 0.667. The van der Waals surface area contributed by atoms with E-state index in [0.717, 1.165) is 16.5 Å². The molecule has 1 aliphatic heterocycles. The van der Waals surface area contributed by atoms with Crippen molar-refractivity contribution >= 4 is 35.3 Å². The van der Waals surface area contributed by atoms with Gasteiger partial charge in [0.2, 0.25) is 5.91 Å². The monoisotopic (exact) mass is 400 g/mol. The number of carbonyl (C=O) groups is 1. The molecule has 8 heteroatoms. The van der Waals surface area contributed by atoms with Crippen molar-refractivity contribution in [3.63, 3.8) is 0 Å². The van der Waals surface area contributed by atoms with Crippen molar-refractivity contribution in [2.24, 2.45) is 11.3 Å². The first-order chi connectivity index (χ1) is 13.2. The maximum absolute atomic E-state index is 12.6. The summed E-state index contributed by atoms with van der Waals surface area (Å²) < 4.78 is 14.2. The molecule has 0 aliphatic carbocycles. The SMILES string of the molecule is CC(C)Cn1nc(NC(=O)C(C)(C)C)c2cc(B3OC(C)(C)C(C)(C)O3)cnc21. The third-order valence-corrected chi connectivity index (χ3v) is 5.58. The van der Waals surface area contributed by atoms with E-state index in [2.05, 4.69) is 29.2 Å². The van der Waals surface area contributed by atoms with Crippen LogP contribution >= 0.6 is 0 Å². The lowest BCUT2D eigenvalue weighted by Gasteiger charge is -2.32. The van der Waals surface area contributed by atoms with Crippen LogP contribution < -0.4 is 10.8 Å². The van der Waals surface area contributed by atoms with Crippen molar-refractivity contribution in [2.45, 2.75) is 80.1 Å². The zero-order chi connectivity index (χ0) is 21.8. The Labute approximate surface area is 173 Å². The summed E-state index contributed by atoms with van der Waals surface area (Å²) in [7, 11) is -0.517. The van der Waals surface area contributed by atoms with E-state index in [1.807, 2.05) is 59.2 Å². The van der Waals surface area contributed by atoms with Gasteiger partial charge in [0.1, 0.15) is 0 Å². The van der Waals surface area contributed by atoms with Crippen molar-refractivity contribution in [1.82, 2.24) is 14.8 Å². The summed E-state index contributed by atoms with van der Waals surface area (Å²) in [5.74, 6) is 0.829. The topological polar surface area (TPSA) is 78.3 Å². The summed E-state index contributed by atoms with van der Waals surface area (Å²) in [5, 5.41) is 8.41. The average Bonchev–Trinajstić information content (AvgIpc) is 2.99. The summed E-state index contributed by atoms with van der Waals surface area (Å²) >= 11 is 0. The number of fused-ring (bicyclic) bond motifs is 1. The van der Waals surface area contributed by atoms with E-state index >= 15 is 0 Å². The first-order valence-corrected chi connectivity index (χ1v) is 10.2. The molecule has 1 saturated heterocycles. The van der Waals surface area contributed by atoms with E-state index in [0.29, 0.717) is 18.3 Å². The molecule has 29 heavy (non-hydrogen) atoms. The lowest BCUT2D eigenvalue weighted by atomic mass is 9.80. The van der Waals surface area contributed by atoms with Gasteiger partial charge in [-0.2, -0.15) is 5.10 Å². The molecule has 0 atom stereocenters. The quantitative estimate of drug-likeness (QED) is 0.797. The van der Waals surface area contributed by atoms with Crippen LogP contribution in [0.2, 0.25) is 0 Å². The largest absolute Gasteiger partial charge is 0.496 e. The van der Waals surface area contributed by atoms with Gasteiger partial charge in [0.15, 0.2) is 11.5 Å². The van der Waals surface area contributed by atoms with Crippen LogP contribution in [0, 0.1) is 11.3 Å². The van der Waals surface area contributed by atoms with Crippen LogP contribution in [-0.4, -0.2) is 39.0 Å². The lowest BCUT2D eigenvalue weighted by Crippen LogP contribution is -2.41. The number of pyridine rings is 1. The summed E-state index contributed by atoms with van der Waals surface area (Å²) in [6.45, 7) is 18.7. The highest BCUT2D eigenvalue weighted by Gasteiger charge is 2.52. The molecule has 1 aliphatic rings. The van der Waals surface area contributed by atoms with Gasteiger partial charge in [-0.25, -0.2) is 9.67 Å². The Bertz CT molecular complexity index is 912. The number of amides is 1. The molecule has 0 radical (unpaired) electrons. The predicted octanol–water partition coefficient (Wildman–Crippen LogP) is 3.37. The Kier molecular flexibility index (Phi) is 5.33. The van der Waals surface area contributed by atoms with E-state index < -0.39 is 23.7 Å². The van der Waals surface area contributed by atoms with E-state index in [4.69, 9.17) is 9.31 Å². The summed E-state index contributed by atoms with van der Waals surface area (Å²) in [6, 6.07) is 1.96. The predicted molar refractivity (Wildman–Crippen MR) is 116 cm³/mol. The Morgan fingerprint density at radius 2 is 1.79 bits per heavy atom. The highest BCUT2D eigenvalue weighted by Crippen LogP contribution is 2.36. The summed E-state index contributed by atoms with van der Waals surface area (Å²) in [5.41, 5.74) is 0.162. The number of rotatable bonds is 4. The summed E-state index contributed by atoms with van der Waals surface area (Å²) in [6.07, 6.45) is 1.78. The van der Waals surface area contributed by atoms with Crippen LogP contribution in [0.25, 0.3) is 11.0 Å². The van der Waals surface area contributed by atoms with Crippen LogP contribution in [0.15, 0.2) is 12.3 Å². The van der Waals surface area contributed by atoms with Crippen molar-refractivity contribution in [3.8, 4) is 0 Å². The molecule has 7 nitrogen and oxygen atoms in total. The molecule has 0 saturated carbocycles. The number of hydrogen-bond donors (Lipinski definition) is 1. The molecule has 2 aromatic rings. The molecule has 0 spiro atoms. The Morgan fingerprint density at radius 3 is 2.31 bits per heavy atom. The number of hydrogen-bond acceptors (Lipinski definition) is 5. The molecule has 1 amide bonds. The molecule has 1 N–H and O–H groups in total. The zero-order valence-corrected chi connectivity index (χ0v) is 19.1. The minimum atomic E-state index is -0.523. The number of aromatic nitrogens is 3. The molecular formula is C21H33BN4O3. The second-order valence-corrected chi connectivity index (χ2v) is 10.4. The minimum absolute atomic E-state index is 0.0883. The van der Waals surface area contributed by atoms with Crippen LogP contribution in [0.4, 0.5) is 5.82 Å². The van der Waals surface area contributed by atoms with Gasteiger partial charge in [0, 0.05) is 23.6 Å². The van der Waals surface area contributed by atoms with Crippen molar-refractivity contribution in [1.29, 1.82) is 0 Å². The standard InChI is InChI=1S/C21H33BN4O3/c1-13(2)12-26-17-15(16(25-26)24-18(27)19(3,4)5)10-14(11-23-17)22-28-20(6,7)21(8,9)29-22/h10-11,13H,12H2,1-9H3,(H,24,25,27). The van der Waals surface area contributed by atoms with Gasteiger partial charge in [-0.3, -0.25) is 4.79 Å². The van der Waals surface area contributed by atoms with E-state index in [1.165, 1.54) is 0 Å². The van der Waals surface area contributed by atoms with E-state index in [-0.39, 0.29) is 5.91 Å². The number of nitrogens with zero attached hydrogens (tertiary/aromatic N) is 3. The molecule has 158 valence electrons. The van der Waals surface area contributed by atoms with Crippen molar-refractivity contribution in [3.05, 3.63) is 12.3 Å². The Balaban J connectivity index is 2.04. The first-order valence-electron chi connectivity index (χ1n) is 10.2. The molecule has 0 bridgehead atoms. The van der Waals surface area contributed by atoms with Gasteiger partial charge in [0.25, 0.3) is 0 Å². The number of nitrogens with one attached hydrogen (secondary N) is 1. The number of carbonyl (C=O) groups excluding carboxylic acids is 1. The van der Waals surface area contributed by atoms with Crippen molar-refractivity contribution in [2.75, 3.05) is 5.32 Å². The van der Waals surface area contributed by atoms with Gasteiger partial charge < -0.3 is 14.6 Å². The average molecular weight is 400 g/mol. The Hall–Kier alpha value is -1.93. The number of anilines is 1. The molecule has 3 rings (SSSR count). The second kappa shape index (κ2) is 7.09. The normalized spacial score (nSPS) is 18.6. The second-order valence-electron chi connectivity index (χ2n) is 10.4. The first kappa shape index (κ1) is 21.8. The molecule has 2 aromatic heterocycles. The third-order valence-electron chi connectivity index (χ3n) is 5.58. The van der Waals surface area contributed by atoms with Gasteiger partial charge >= 0.3 is 7.12 Å². The molecule has 0 unspecified atom stereocenters. The maximum Gasteiger partial charge on any atom is 0.496 e. The van der Waals surface area contributed by atoms with Crippen LogP contribution in [0.1, 0.15) is 62.3 Å². The van der Waals surface area contributed by atoms with Gasteiger partial charge in [0.05, 0.1) is 16.6 Å². The molecule has 1 fully saturated rings. The Morgan fingerprint density at radius 1 is 1.21 bits per heavy atom. The van der Waals surface area contributed by atoms with Gasteiger partial charge in [-0.05, 0) is 39.7 Å². The maximum atomic E-state index is 12.6.